The van der Waals surface area contributed by atoms with Crippen molar-refractivity contribution in [3.63, 3.8) is 0 Å². The van der Waals surface area contributed by atoms with E-state index in [0.29, 0.717) is 18.7 Å². The van der Waals surface area contributed by atoms with Crippen molar-refractivity contribution in [3.8, 4) is 0 Å². The minimum Gasteiger partial charge on any atom is -0.441 e. The Morgan fingerprint density at radius 1 is 1.30 bits per heavy atom. The molecular formula is C14H18N2O4. The second kappa shape index (κ2) is 6.36. The van der Waals surface area contributed by atoms with Crippen molar-refractivity contribution < 1.29 is 14.5 Å². The predicted molar refractivity (Wildman–Crippen MR) is 73.4 cm³/mol. The van der Waals surface area contributed by atoms with Crippen molar-refractivity contribution >= 4 is 11.8 Å². The second-order valence-corrected chi connectivity index (χ2v) is 4.89. The van der Waals surface area contributed by atoms with E-state index in [1.165, 1.54) is 6.07 Å². The summed E-state index contributed by atoms with van der Waals surface area (Å²) >= 11 is 0. The molecule has 6 heteroatoms. The first kappa shape index (κ1) is 14.3. The van der Waals surface area contributed by atoms with Crippen molar-refractivity contribution in [2.75, 3.05) is 13.1 Å². The van der Waals surface area contributed by atoms with Crippen LogP contribution in [0.2, 0.25) is 0 Å². The first-order chi connectivity index (χ1) is 9.59. The topological polar surface area (TPSA) is 72.7 Å². The van der Waals surface area contributed by atoms with Crippen molar-refractivity contribution in [2.45, 2.75) is 32.3 Å². The van der Waals surface area contributed by atoms with Crippen molar-refractivity contribution in [1.29, 1.82) is 0 Å². The maximum Gasteiger partial charge on any atom is 0.410 e. The minimum atomic E-state index is -0.633. The van der Waals surface area contributed by atoms with Crippen LogP contribution in [0, 0.1) is 10.1 Å². The van der Waals surface area contributed by atoms with E-state index in [9.17, 15) is 14.9 Å². The third-order valence-corrected chi connectivity index (χ3v) is 3.46. The van der Waals surface area contributed by atoms with Gasteiger partial charge in [-0.15, -0.1) is 0 Å². The van der Waals surface area contributed by atoms with E-state index < -0.39 is 17.1 Å². The molecule has 108 valence electrons. The molecular weight excluding hydrogens is 260 g/mol. The normalized spacial score (nSPS) is 16.6. The molecule has 1 heterocycles. The molecule has 20 heavy (non-hydrogen) atoms. The van der Waals surface area contributed by atoms with Crippen LogP contribution in [0.15, 0.2) is 24.3 Å². The lowest BCUT2D eigenvalue weighted by molar-refractivity contribution is -0.386. The molecule has 1 fully saturated rings. The van der Waals surface area contributed by atoms with Crippen molar-refractivity contribution in [2.24, 2.45) is 0 Å². The van der Waals surface area contributed by atoms with E-state index >= 15 is 0 Å². The monoisotopic (exact) mass is 278 g/mol. The maximum atomic E-state index is 12.0. The Labute approximate surface area is 117 Å². The number of hydrogen-bond acceptors (Lipinski definition) is 4. The van der Waals surface area contributed by atoms with Gasteiger partial charge in [0.15, 0.2) is 0 Å². The summed E-state index contributed by atoms with van der Waals surface area (Å²) in [6.45, 7) is 3.05. The van der Waals surface area contributed by atoms with Gasteiger partial charge in [-0.25, -0.2) is 4.79 Å². The van der Waals surface area contributed by atoms with E-state index in [1.807, 2.05) is 0 Å². The number of hydrogen-bond donors (Lipinski definition) is 0. The van der Waals surface area contributed by atoms with Crippen LogP contribution >= 0.6 is 0 Å². The molecule has 1 aromatic carbocycles. The Hall–Kier alpha value is -2.11. The van der Waals surface area contributed by atoms with Gasteiger partial charge in [0.1, 0.15) is 6.10 Å². The number of amides is 1. The third-order valence-electron chi connectivity index (χ3n) is 3.46. The zero-order valence-corrected chi connectivity index (χ0v) is 11.4. The molecule has 1 aliphatic rings. The highest BCUT2D eigenvalue weighted by atomic mass is 16.6. The van der Waals surface area contributed by atoms with Gasteiger partial charge in [-0.3, -0.25) is 10.1 Å². The maximum absolute atomic E-state index is 12.0. The molecule has 6 nitrogen and oxygen atoms in total. The summed E-state index contributed by atoms with van der Waals surface area (Å²) in [6, 6.07) is 6.33. The predicted octanol–water partition coefficient (Wildman–Crippen LogP) is 3.28. The molecule has 1 aromatic rings. The Morgan fingerprint density at radius 2 is 1.95 bits per heavy atom. The highest BCUT2D eigenvalue weighted by molar-refractivity contribution is 5.68. The molecule has 0 spiro atoms. The smallest absolute Gasteiger partial charge is 0.410 e. The van der Waals surface area contributed by atoms with Gasteiger partial charge in [-0.1, -0.05) is 12.1 Å². The number of carbonyl (C=O) groups is 1. The quantitative estimate of drug-likeness (QED) is 0.628. The van der Waals surface area contributed by atoms with Gasteiger partial charge in [0.2, 0.25) is 0 Å². The highest BCUT2D eigenvalue weighted by Crippen LogP contribution is 2.27. The summed E-state index contributed by atoms with van der Waals surface area (Å²) in [7, 11) is 0. The van der Waals surface area contributed by atoms with Crippen LogP contribution in [0.25, 0.3) is 0 Å². The lowest BCUT2D eigenvalue weighted by Gasteiger charge is -2.27. The van der Waals surface area contributed by atoms with E-state index in [0.717, 1.165) is 19.3 Å². The lowest BCUT2D eigenvalue weighted by atomic mass is 10.1. The minimum absolute atomic E-state index is 0.0218. The van der Waals surface area contributed by atoms with Crippen LogP contribution in [0.5, 0.6) is 0 Å². The molecule has 2 rings (SSSR count). The van der Waals surface area contributed by atoms with Crippen LogP contribution in [-0.4, -0.2) is 29.0 Å². The third kappa shape index (κ3) is 3.26. The molecule has 1 atom stereocenters. The van der Waals surface area contributed by atoms with Gasteiger partial charge < -0.3 is 9.64 Å². The summed E-state index contributed by atoms with van der Waals surface area (Å²) in [5.74, 6) is 0. The van der Waals surface area contributed by atoms with Gasteiger partial charge in [-0.05, 0) is 32.3 Å². The van der Waals surface area contributed by atoms with Crippen LogP contribution in [-0.2, 0) is 4.74 Å². The Bertz CT molecular complexity index is 498. The SMILES string of the molecule is CC(OC(=O)N1CCCCC1)c1ccccc1[N+](=O)[O-]. The zero-order valence-electron chi connectivity index (χ0n) is 11.4. The van der Waals surface area contributed by atoms with E-state index in [4.69, 9.17) is 4.74 Å². The molecule has 0 aromatic heterocycles. The fourth-order valence-corrected chi connectivity index (χ4v) is 2.36. The van der Waals surface area contributed by atoms with Gasteiger partial charge in [0, 0.05) is 19.2 Å². The number of nitro groups is 1. The highest BCUT2D eigenvalue weighted by Gasteiger charge is 2.24. The average Bonchev–Trinajstić information content (AvgIpc) is 2.48. The first-order valence-electron chi connectivity index (χ1n) is 6.78. The number of likely N-dealkylation sites (tertiary alicyclic amines) is 1. The van der Waals surface area contributed by atoms with Crippen molar-refractivity contribution in [3.05, 3.63) is 39.9 Å². The number of nitrogens with zero attached hydrogens (tertiary/aromatic N) is 2. The van der Waals surface area contributed by atoms with Crippen LogP contribution in [0.3, 0.4) is 0 Å². The molecule has 0 saturated carbocycles. The largest absolute Gasteiger partial charge is 0.441 e. The van der Waals surface area contributed by atoms with Crippen molar-refractivity contribution in [1.82, 2.24) is 4.90 Å². The van der Waals surface area contributed by atoms with E-state index in [2.05, 4.69) is 0 Å². The fourth-order valence-electron chi connectivity index (χ4n) is 2.36. The number of rotatable bonds is 3. The van der Waals surface area contributed by atoms with Gasteiger partial charge in [-0.2, -0.15) is 0 Å². The standard InChI is InChI=1S/C14H18N2O4/c1-11(12-7-3-4-8-13(12)16(18)19)20-14(17)15-9-5-2-6-10-15/h3-4,7-8,11H,2,5-6,9-10H2,1H3. The summed E-state index contributed by atoms with van der Waals surface area (Å²) < 4.78 is 5.35. The molecule has 0 radical (unpaired) electrons. The van der Waals surface area contributed by atoms with E-state index in [1.54, 1.807) is 30.0 Å². The molecule has 1 amide bonds. The second-order valence-electron chi connectivity index (χ2n) is 4.89. The van der Waals surface area contributed by atoms with Gasteiger partial charge in [0.25, 0.3) is 5.69 Å². The van der Waals surface area contributed by atoms with Gasteiger partial charge in [0.05, 0.1) is 10.5 Å². The summed E-state index contributed by atoms with van der Waals surface area (Å²) in [6.07, 6.45) is 2.06. The molecule has 1 aliphatic heterocycles. The van der Waals surface area contributed by atoms with E-state index in [-0.39, 0.29) is 5.69 Å². The Kier molecular flexibility index (Phi) is 4.55. The van der Waals surface area contributed by atoms with Gasteiger partial charge >= 0.3 is 6.09 Å². The summed E-state index contributed by atoms with van der Waals surface area (Å²) in [4.78, 5) is 24.2. The lowest BCUT2D eigenvalue weighted by Crippen LogP contribution is -2.36. The van der Waals surface area contributed by atoms with Crippen LogP contribution in [0.4, 0.5) is 10.5 Å². The Morgan fingerprint density at radius 3 is 2.60 bits per heavy atom. The average molecular weight is 278 g/mol. The number of piperidine rings is 1. The molecule has 1 saturated heterocycles. The molecule has 1 unspecified atom stereocenters. The van der Waals surface area contributed by atoms with Crippen LogP contribution in [0.1, 0.15) is 37.9 Å². The zero-order chi connectivity index (χ0) is 14.5. The Balaban J connectivity index is 2.06. The number of nitro benzene ring substituents is 1. The summed E-state index contributed by atoms with van der Waals surface area (Å²) in [5.41, 5.74) is 0.398. The summed E-state index contributed by atoms with van der Waals surface area (Å²) in [5, 5.41) is 11.0. The number of benzene rings is 1. The molecule has 0 N–H and O–H groups in total. The number of carbonyl (C=O) groups excluding carboxylic acids is 1. The molecule has 0 bridgehead atoms. The number of para-hydroxylation sites is 1. The van der Waals surface area contributed by atoms with Crippen LogP contribution < -0.4 is 0 Å². The number of ether oxygens (including phenoxy) is 1. The fraction of sp³-hybridized carbons (Fsp3) is 0.500. The first-order valence-corrected chi connectivity index (χ1v) is 6.78. The molecule has 0 aliphatic carbocycles.